The van der Waals surface area contributed by atoms with E-state index in [1.165, 1.54) is 25.3 Å². The van der Waals surface area contributed by atoms with Gasteiger partial charge in [0.25, 0.3) is 5.91 Å². The second-order valence-electron chi connectivity index (χ2n) is 6.21. The molecular formula is C19H20N2O5. The highest BCUT2D eigenvalue weighted by Crippen LogP contribution is 2.41. The molecule has 1 amide bonds. The summed E-state index contributed by atoms with van der Waals surface area (Å²) in [7, 11) is 2.96. The van der Waals surface area contributed by atoms with Crippen LogP contribution in [0.4, 0.5) is 5.69 Å². The van der Waals surface area contributed by atoms with Crippen LogP contribution in [0.1, 0.15) is 34.8 Å². The highest BCUT2D eigenvalue weighted by atomic mass is 16.6. The monoisotopic (exact) mass is 356 g/mol. The van der Waals surface area contributed by atoms with Gasteiger partial charge in [0.15, 0.2) is 5.75 Å². The maximum atomic E-state index is 12.7. The zero-order valence-corrected chi connectivity index (χ0v) is 14.6. The Hall–Kier alpha value is -3.09. The molecule has 2 aromatic rings. The molecule has 1 saturated carbocycles. The van der Waals surface area contributed by atoms with Gasteiger partial charge in [0.2, 0.25) is 0 Å². The number of benzene rings is 2. The number of nitrogens with zero attached hydrogens (tertiary/aromatic N) is 1. The van der Waals surface area contributed by atoms with Crippen LogP contribution in [0.5, 0.6) is 11.5 Å². The molecule has 1 aliphatic carbocycles. The molecule has 7 heteroatoms. The van der Waals surface area contributed by atoms with Crippen molar-refractivity contribution < 1.29 is 19.2 Å². The Balaban J connectivity index is 1.82. The number of methoxy groups -OCH3 is 2. The minimum Gasteiger partial charge on any atom is -0.497 e. The van der Waals surface area contributed by atoms with Crippen molar-refractivity contribution in [2.45, 2.75) is 18.9 Å². The van der Waals surface area contributed by atoms with Gasteiger partial charge in [0.05, 0.1) is 25.2 Å². The van der Waals surface area contributed by atoms with E-state index in [0.29, 0.717) is 5.92 Å². The van der Waals surface area contributed by atoms with E-state index in [-0.39, 0.29) is 28.9 Å². The summed E-state index contributed by atoms with van der Waals surface area (Å²) in [6.07, 6.45) is 2.08. The molecular weight excluding hydrogens is 336 g/mol. The van der Waals surface area contributed by atoms with Crippen molar-refractivity contribution in [3.63, 3.8) is 0 Å². The summed E-state index contributed by atoms with van der Waals surface area (Å²) in [4.78, 5) is 23.3. The van der Waals surface area contributed by atoms with Gasteiger partial charge in [-0.1, -0.05) is 12.1 Å². The van der Waals surface area contributed by atoms with Crippen LogP contribution < -0.4 is 14.8 Å². The number of carbonyl (C=O) groups is 1. The van der Waals surface area contributed by atoms with Crippen LogP contribution in [0.15, 0.2) is 42.5 Å². The Labute approximate surface area is 151 Å². The Morgan fingerprint density at radius 1 is 1.15 bits per heavy atom. The third kappa shape index (κ3) is 3.77. The third-order valence-corrected chi connectivity index (χ3v) is 4.49. The van der Waals surface area contributed by atoms with Crippen molar-refractivity contribution in [2.75, 3.05) is 14.2 Å². The Kier molecular flexibility index (Phi) is 5.06. The quantitative estimate of drug-likeness (QED) is 0.606. The molecule has 7 nitrogen and oxygen atoms in total. The molecule has 0 aromatic heterocycles. The molecule has 3 rings (SSSR count). The molecule has 0 heterocycles. The number of hydrogen-bond acceptors (Lipinski definition) is 5. The van der Waals surface area contributed by atoms with E-state index in [0.717, 1.165) is 24.2 Å². The number of amides is 1. The zero-order valence-electron chi connectivity index (χ0n) is 14.6. The molecule has 136 valence electrons. The van der Waals surface area contributed by atoms with Gasteiger partial charge in [-0.2, -0.15) is 0 Å². The molecule has 0 spiro atoms. The summed E-state index contributed by atoms with van der Waals surface area (Å²) >= 11 is 0. The largest absolute Gasteiger partial charge is 0.497 e. The van der Waals surface area contributed by atoms with Crippen LogP contribution in [0.3, 0.4) is 0 Å². The van der Waals surface area contributed by atoms with E-state index in [1.54, 1.807) is 7.11 Å². The molecule has 0 radical (unpaired) electrons. The minimum atomic E-state index is -0.558. The standard InChI is InChI=1S/C19H20N2O5/c1-25-15-8-5-13(6-9-15)18(12-3-4-12)20-19(22)14-7-10-17(26-2)16(11-14)21(23)24/h5-12,18H,3-4H2,1-2H3,(H,20,22). The van der Waals surface area contributed by atoms with Crippen molar-refractivity contribution in [1.82, 2.24) is 5.32 Å². The van der Waals surface area contributed by atoms with E-state index in [9.17, 15) is 14.9 Å². The van der Waals surface area contributed by atoms with Gasteiger partial charge in [-0.3, -0.25) is 14.9 Å². The lowest BCUT2D eigenvalue weighted by Gasteiger charge is -2.19. The maximum absolute atomic E-state index is 12.7. The topological polar surface area (TPSA) is 90.7 Å². The molecule has 0 aliphatic heterocycles. The number of nitro benzene ring substituents is 1. The third-order valence-electron chi connectivity index (χ3n) is 4.49. The average Bonchev–Trinajstić information content (AvgIpc) is 3.50. The second kappa shape index (κ2) is 7.43. The van der Waals surface area contributed by atoms with E-state index >= 15 is 0 Å². The van der Waals surface area contributed by atoms with Crippen LogP contribution in [-0.2, 0) is 0 Å². The Morgan fingerprint density at radius 2 is 1.85 bits per heavy atom. The lowest BCUT2D eigenvalue weighted by atomic mass is 10.0. The first-order valence-corrected chi connectivity index (χ1v) is 8.30. The molecule has 1 fully saturated rings. The number of nitrogens with one attached hydrogen (secondary N) is 1. The summed E-state index contributed by atoms with van der Waals surface area (Å²) in [5.41, 5.74) is 0.994. The summed E-state index contributed by atoms with van der Waals surface area (Å²) in [5, 5.41) is 14.2. The van der Waals surface area contributed by atoms with Crippen LogP contribution in [0, 0.1) is 16.0 Å². The lowest BCUT2D eigenvalue weighted by molar-refractivity contribution is -0.385. The predicted octanol–water partition coefficient (Wildman–Crippen LogP) is 3.49. The molecule has 26 heavy (non-hydrogen) atoms. The molecule has 1 aliphatic rings. The molecule has 0 bridgehead atoms. The van der Waals surface area contributed by atoms with Crippen molar-refractivity contribution in [3.8, 4) is 11.5 Å². The van der Waals surface area contributed by atoms with E-state index < -0.39 is 4.92 Å². The number of carbonyl (C=O) groups excluding carboxylic acids is 1. The van der Waals surface area contributed by atoms with Crippen LogP contribution >= 0.6 is 0 Å². The molecule has 2 aromatic carbocycles. The Morgan fingerprint density at radius 3 is 2.38 bits per heavy atom. The van der Waals surface area contributed by atoms with Crippen molar-refractivity contribution in [3.05, 3.63) is 63.7 Å². The van der Waals surface area contributed by atoms with Gasteiger partial charge in [-0.05, 0) is 48.6 Å². The minimum absolute atomic E-state index is 0.125. The summed E-state index contributed by atoms with van der Waals surface area (Å²) in [6.45, 7) is 0. The number of ether oxygens (including phenoxy) is 2. The van der Waals surface area contributed by atoms with E-state index in [4.69, 9.17) is 9.47 Å². The van der Waals surface area contributed by atoms with Gasteiger partial charge in [-0.25, -0.2) is 0 Å². The number of hydrogen-bond donors (Lipinski definition) is 1. The molecule has 0 saturated heterocycles. The first-order chi connectivity index (χ1) is 12.5. The van der Waals surface area contributed by atoms with Crippen LogP contribution in [0.25, 0.3) is 0 Å². The van der Waals surface area contributed by atoms with Gasteiger partial charge < -0.3 is 14.8 Å². The summed E-state index contributed by atoms with van der Waals surface area (Å²) < 4.78 is 10.1. The highest BCUT2D eigenvalue weighted by Gasteiger charge is 2.34. The average molecular weight is 356 g/mol. The van der Waals surface area contributed by atoms with Crippen molar-refractivity contribution in [1.29, 1.82) is 0 Å². The maximum Gasteiger partial charge on any atom is 0.311 e. The molecule has 1 unspecified atom stereocenters. The molecule has 1 N–H and O–H groups in total. The normalized spacial score (nSPS) is 14.4. The highest BCUT2D eigenvalue weighted by molar-refractivity contribution is 5.95. The van der Waals surface area contributed by atoms with Crippen LogP contribution in [0.2, 0.25) is 0 Å². The van der Waals surface area contributed by atoms with Crippen LogP contribution in [-0.4, -0.2) is 25.1 Å². The summed E-state index contributed by atoms with van der Waals surface area (Å²) in [6, 6.07) is 11.6. The van der Waals surface area contributed by atoms with Gasteiger partial charge >= 0.3 is 5.69 Å². The predicted molar refractivity (Wildman–Crippen MR) is 95.6 cm³/mol. The van der Waals surface area contributed by atoms with Gasteiger partial charge in [-0.15, -0.1) is 0 Å². The van der Waals surface area contributed by atoms with Gasteiger partial charge in [0, 0.05) is 11.6 Å². The van der Waals surface area contributed by atoms with E-state index in [1.807, 2.05) is 24.3 Å². The summed E-state index contributed by atoms with van der Waals surface area (Å²) in [5.74, 6) is 0.907. The number of nitro groups is 1. The SMILES string of the molecule is COc1ccc(C(NC(=O)c2ccc(OC)c([N+](=O)[O-])c2)C2CC2)cc1. The van der Waals surface area contributed by atoms with Gasteiger partial charge in [0.1, 0.15) is 5.75 Å². The smallest absolute Gasteiger partial charge is 0.311 e. The lowest BCUT2D eigenvalue weighted by Crippen LogP contribution is -2.29. The second-order valence-corrected chi connectivity index (χ2v) is 6.21. The zero-order chi connectivity index (χ0) is 18.7. The fourth-order valence-electron chi connectivity index (χ4n) is 2.91. The van der Waals surface area contributed by atoms with Crippen molar-refractivity contribution >= 4 is 11.6 Å². The molecule has 1 atom stereocenters. The fourth-order valence-corrected chi connectivity index (χ4v) is 2.91. The first kappa shape index (κ1) is 17.7. The van der Waals surface area contributed by atoms with Crippen molar-refractivity contribution in [2.24, 2.45) is 5.92 Å². The first-order valence-electron chi connectivity index (χ1n) is 8.30. The van der Waals surface area contributed by atoms with E-state index in [2.05, 4.69) is 5.32 Å². The Bertz CT molecular complexity index is 815. The fraction of sp³-hybridized carbons (Fsp3) is 0.316. The number of rotatable bonds is 7.